The number of rotatable bonds is 9. The molecule has 0 saturated heterocycles. The summed E-state index contributed by atoms with van der Waals surface area (Å²) >= 11 is 0. The van der Waals surface area contributed by atoms with Crippen LogP contribution in [-0.2, 0) is 16.1 Å². The summed E-state index contributed by atoms with van der Waals surface area (Å²) in [4.78, 5) is 12.0. The van der Waals surface area contributed by atoms with Gasteiger partial charge in [0.05, 0.1) is 6.61 Å². The molecule has 0 unspecified atom stereocenters. The third kappa shape index (κ3) is 8.57. The Morgan fingerprint density at radius 3 is 1.68 bits per heavy atom. The zero-order valence-electron chi connectivity index (χ0n) is 19.5. The molecule has 34 heavy (non-hydrogen) atoms. The van der Waals surface area contributed by atoms with Crippen molar-refractivity contribution in [2.45, 2.75) is 19.5 Å². The van der Waals surface area contributed by atoms with Gasteiger partial charge in [-0.15, -0.1) is 0 Å². The highest BCUT2D eigenvalue weighted by atomic mass is 16.5. The number of hydrogen-bond donors (Lipinski definition) is 1. The lowest BCUT2D eigenvalue weighted by molar-refractivity contribution is -0.146. The van der Waals surface area contributed by atoms with Crippen molar-refractivity contribution >= 4 is 5.97 Å². The summed E-state index contributed by atoms with van der Waals surface area (Å²) in [5.41, 5.74) is 3.66. The van der Waals surface area contributed by atoms with Gasteiger partial charge in [-0.2, -0.15) is 0 Å². The van der Waals surface area contributed by atoms with Crippen molar-refractivity contribution in [3.8, 4) is 16.9 Å². The molecule has 0 aromatic heterocycles. The lowest BCUT2D eigenvalue weighted by atomic mass is 10.1. The normalized spacial score (nSPS) is 11.0. The minimum absolute atomic E-state index is 0.232. The predicted molar refractivity (Wildman–Crippen MR) is 138 cm³/mol. The van der Waals surface area contributed by atoms with Crippen LogP contribution in [0.15, 0.2) is 121 Å². The van der Waals surface area contributed by atoms with E-state index < -0.39 is 6.04 Å². The molecule has 1 atom stereocenters. The van der Waals surface area contributed by atoms with Crippen molar-refractivity contribution < 1.29 is 14.3 Å². The second-order valence-corrected chi connectivity index (χ2v) is 7.53. The SMILES string of the molecule is CCOC(=O)[C@H](COc1ccccc1)NCc1ccccc1.c1ccc(-c2ccccc2)cc1. The van der Waals surface area contributed by atoms with E-state index in [0.717, 1.165) is 11.3 Å². The number of benzene rings is 4. The van der Waals surface area contributed by atoms with Crippen molar-refractivity contribution in [3.05, 3.63) is 127 Å². The molecule has 4 aromatic carbocycles. The predicted octanol–water partition coefficient (Wildman–Crippen LogP) is 6.14. The van der Waals surface area contributed by atoms with Gasteiger partial charge in [0, 0.05) is 6.54 Å². The number of nitrogens with one attached hydrogen (secondary N) is 1. The monoisotopic (exact) mass is 453 g/mol. The van der Waals surface area contributed by atoms with Crippen LogP contribution < -0.4 is 10.1 Å². The summed E-state index contributed by atoms with van der Waals surface area (Å²) in [7, 11) is 0. The van der Waals surface area contributed by atoms with E-state index in [9.17, 15) is 4.79 Å². The minimum Gasteiger partial charge on any atom is -0.491 e. The first-order valence-corrected chi connectivity index (χ1v) is 11.5. The van der Waals surface area contributed by atoms with Crippen molar-refractivity contribution in [2.75, 3.05) is 13.2 Å². The molecule has 0 bridgehead atoms. The summed E-state index contributed by atoms with van der Waals surface area (Å²) in [6.07, 6.45) is 0. The second kappa shape index (κ2) is 14.3. The maximum atomic E-state index is 12.0. The average molecular weight is 454 g/mol. The number of para-hydroxylation sites is 1. The molecule has 0 spiro atoms. The number of hydrogen-bond acceptors (Lipinski definition) is 4. The van der Waals surface area contributed by atoms with Crippen LogP contribution in [0, 0.1) is 0 Å². The van der Waals surface area contributed by atoms with Crippen LogP contribution in [0.2, 0.25) is 0 Å². The Kier molecular flexibility index (Phi) is 10.4. The Morgan fingerprint density at radius 1 is 0.706 bits per heavy atom. The van der Waals surface area contributed by atoms with Crippen molar-refractivity contribution in [1.82, 2.24) is 5.32 Å². The summed E-state index contributed by atoms with van der Waals surface area (Å²) in [6, 6.07) is 39.6. The van der Waals surface area contributed by atoms with Crippen LogP contribution in [0.4, 0.5) is 0 Å². The van der Waals surface area contributed by atoms with E-state index in [-0.39, 0.29) is 12.6 Å². The number of carbonyl (C=O) groups is 1. The van der Waals surface area contributed by atoms with Crippen LogP contribution in [0.25, 0.3) is 11.1 Å². The van der Waals surface area contributed by atoms with Gasteiger partial charge in [0.25, 0.3) is 0 Å². The quantitative estimate of drug-likeness (QED) is 0.309. The zero-order valence-corrected chi connectivity index (χ0v) is 19.5. The minimum atomic E-state index is -0.500. The molecule has 1 N–H and O–H groups in total. The smallest absolute Gasteiger partial charge is 0.326 e. The fraction of sp³-hybridized carbons (Fsp3) is 0.167. The number of esters is 1. The Bertz CT molecular complexity index is 990. The van der Waals surface area contributed by atoms with Crippen molar-refractivity contribution in [3.63, 3.8) is 0 Å². The number of ether oxygens (including phenoxy) is 2. The third-order valence-corrected chi connectivity index (χ3v) is 5.01. The lowest BCUT2D eigenvalue weighted by Gasteiger charge is -2.18. The Morgan fingerprint density at radius 2 is 1.18 bits per heavy atom. The van der Waals surface area contributed by atoms with E-state index in [1.165, 1.54) is 11.1 Å². The molecule has 0 aliphatic rings. The summed E-state index contributed by atoms with van der Waals surface area (Å²) in [5, 5.41) is 3.19. The molecular weight excluding hydrogens is 422 g/mol. The van der Waals surface area contributed by atoms with Gasteiger partial charge in [-0.25, -0.2) is 0 Å². The molecule has 0 fully saturated rings. The van der Waals surface area contributed by atoms with Crippen molar-refractivity contribution in [2.24, 2.45) is 0 Å². The topological polar surface area (TPSA) is 47.6 Å². The Balaban J connectivity index is 0.000000226. The second-order valence-electron chi connectivity index (χ2n) is 7.53. The van der Waals surface area contributed by atoms with E-state index in [1.807, 2.05) is 72.8 Å². The maximum Gasteiger partial charge on any atom is 0.326 e. The van der Waals surface area contributed by atoms with Gasteiger partial charge < -0.3 is 9.47 Å². The molecule has 4 rings (SSSR count). The molecule has 0 aliphatic heterocycles. The molecule has 4 heteroatoms. The van der Waals surface area contributed by atoms with Gasteiger partial charge in [0.1, 0.15) is 18.4 Å². The van der Waals surface area contributed by atoms with Gasteiger partial charge >= 0.3 is 5.97 Å². The van der Waals surface area contributed by atoms with Crippen LogP contribution in [0.3, 0.4) is 0 Å². The van der Waals surface area contributed by atoms with E-state index in [2.05, 4.69) is 53.8 Å². The average Bonchev–Trinajstić information content (AvgIpc) is 2.91. The fourth-order valence-electron chi connectivity index (χ4n) is 3.25. The largest absolute Gasteiger partial charge is 0.491 e. The Hall–Kier alpha value is -3.89. The molecule has 0 amide bonds. The summed E-state index contributed by atoms with van der Waals surface area (Å²) in [6.45, 7) is 2.97. The van der Waals surface area contributed by atoms with Crippen LogP contribution in [-0.4, -0.2) is 25.2 Å². The molecule has 0 aliphatic carbocycles. The van der Waals surface area contributed by atoms with Gasteiger partial charge in [0.15, 0.2) is 0 Å². The van der Waals surface area contributed by atoms with Crippen LogP contribution >= 0.6 is 0 Å². The molecule has 0 radical (unpaired) electrons. The molecule has 4 nitrogen and oxygen atoms in total. The molecule has 0 heterocycles. The number of carbonyl (C=O) groups excluding carboxylic acids is 1. The van der Waals surface area contributed by atoms with Crippen molar-refractivity contribution in [1.29, 1.82) is 0 Å². The summed E-state index contributed by atoms with van der Waals surface area (Å²) in [5.74, 6) is 0.438. The van der Waals surface area contributed by atoms with E-state index in [4.69, 9.17) is 9.47 Å². The highest BCUT2D eigenvalue weighted by Crippen LogP contribution is 2.17. The summed E-state index contributed by atoms with van der Waals surface area (Å²) < 4.78 is 10.8. The van der Waals surface area contributed by atoms with Gasteiger partial charge in [0.2, 0.25) is 0 Å². The first kappa shape index (κ1) is 24.7. The fourth-order valence-corrected chi connectivity index (χ4v) is 3.25. The molecule has 0 saturated carbocycles. The molecule has 174 valence electrons. The first-order chi connectivity index (χ1) is 16.8. The first-order valence-electron chi connectivity index (χ1n) is 11.5. The van der Waals surface area contributed by atoms with E-state index >= 15 is 0 Å². The van der Waals surface area contributed by atoms with E-state index in [0.29, 0.717) is 13.2 Å². The highest BCUT2D eigenvalue weighted by molar-refractivity contribution is 5.76. The van der Waals surface area contributed by atoms with Gasteiger partial charge in [-0.05, 0) is 35.7 Å². The maximum absolute atomic E-state index is 12.0. The highest BCUT2D eigenvalue weighted by Gasteiger charge is 2.20. The lowest BCUT2D eigenvalue weighted by Crippen LogP contribution is -2.42. The van der Waals surface area contributed by atoms with E-state index in [1.54, 1.807) is 6.92 Å². The Labute approximate surface area is 202 Å². The third-order valence-electron chi connectivity index (χ3n) is 5.01. The van der Waals surface area contributed by atoms with Gasteiger partial charge in [-0.1, -0.05) is 109 Å². The molecule has 4 aromatic rings. The van der Waals surface area contributed by atoms with Crippen LogP contribution in [0.1, 0.15) is 12.5 Å². The molecular formula is C30H31NO3. The van der Waals surface area contributed by atoms with Gasteiger partial charge in [-0.3, -0.25) is 10.1 Å². The van der Waals surface area contributed by atoms with Crippen LogP contribution in [0.5, 0.6) is 5.75 Å². The zero-order chi connectivity index (χ0) is 23.8. The standard InChI is InChI=1S/C18H21NO3.C12H10/c1-2-21-18(20)17(14-22-16-11-7-4-8-12-16)19-13-15-9-5-3-6-10-15;1-3-7-11(8-4-1)12-9-5-2-6-10-12/h3-12,17,19H,2,13-14H2,1H3;1-10H/t17-;/m0./s1.